The molecule has 0 aliphatic heterocycles. The lowest BCUT2D eigenvalue weighted by Crippen LogP contribution is -2.06. The van der Waals surface area contributed by atoms with E-state index in [1.165, 1.54) is 0 Å². The molecule has 0 amide bonds. The molecule has 2 aromatic heterocycles. The minimum absolute atomic E-state index is 0.0252. The summed E-state index contributed by atoms with van der Waals surface area (Å²) < 4.78 is 1.83. The van der Waals surface area contributed by atoms with E-state index in [9.17, 15) is 4.79 Å². The summed E-state index contributed by atoms with van der Waals surface area (Å²) in [6.45, 7) is 4.00. The van der Waals surface area contributed by atoms with E-state index in [-0.39, 0.29) is 6.42 Å². The fourth-order valence-electron chi connectivity index (χ4n) is 2.24. The highest BCUT2D eigenvalue weighted by molar-refractivity contribution is 5.71. The van der Waals surface area contributed by atoms with E-state index in [1.807, 2.05) is 30.7 Å². The first kappa shape index (κ1) is 13.3. The average molecular weight is 259 g/mol. The van der Waals surface area contributed by atoms with Gasteiger partial charge in [-0.3, -0.25) is 9.78 Å². The maximum absolute atomic E-state index is 11.0. The summed E-state index contributed by atoms with van der Waals surface area (Å²) in [4.78, 5) is 15.0. The van der Waals surface area contributed by atoms with E-state index in [1.54, 1.807) is 12.4 Å². The van der Waals surface area contributed by atoms with Crippen molar-refractivity contribution in [2.24, 2.45) is 0 Å². The first-order chi connectivity index (χ1) is 9.17. The lowest BCUT2D eigenvalue weighted by molar-refractivity contribution is -0.136. The molecular weight excluding hydrogens is 242 g/mol. The van der Waals surface area contributed by atoms with Crippen molar-refractivity contribution in [1.29, 1.82) is 0 Å². The van der Waals surface area contributed by atoms with Crippen LogP contribution in [0.1, 0.15) is 30.8 Å². The van der Waals surface area contributed by atoms with Crippen molar-refractivity contribution in [3.8, 4) is 5.69 Å². The van der Waals surface area contributed by atoms with Gasteiger partial charge in [0.1, 0.15) is 0 Å². The number of aromatic nitrogens is 3. The quantitative estimate of drug-likeness (QED) is 0.892. The smallest absolute Gasteiger partial charge is 0.307 e. The molecule has 5 heteroatoms. The first-order valence-electron chi connectivity index (χ1n) is 6.39. The van der Waals surface area contributed by atoms with Gasteiger partial charge >= 0.3 is 5.97 Å². The zero-order chi connectivity index (χ0) is 13.8. The minimum Gasteiger partial charge on any atom is -0.481 e. The van der Waals surface area contributed by atoms with Crippen molar-refractivity contribution in [2.75, 3.05) is 0 Å². The molecule has 19 heavy (non-hydrogen) atoms. The number of carboxylic acid groups (broad SMARTS) is 1. The van der Waals surface area contributed by atoms with Gasteiger partial charge in [-0.15, -0.1) is 0 Å². The summed E-state index contributed by atoms with van der Waals surface area (Å²) >= 11 is 0. The summed E-state index contributed by atoms with van der Waals surface area (Å²) in [5.41, 5.74) is 3.58. The molecule has 100 valence electrons. The molecule has 2 aromatic rings. The summed E-state index contributed by atoms with van der Waals surface area (Å²) in [5, 5.41) is 13.6. The molecule has 5 nitrogen and oxygen atoms in total. The highest BCUT2D eigenvalue weighted by Gasteiger charge is 2.18. The number of hydrogen-bond acceptors (Lipinski definition) is 3. The molecule has 0 aliphatic rings. The first-order valence-corrected chi connectivity index (χ1v) is 6.39. The molecule has 0 aromatic carbocycles. The van der Waals surface area contributed by atoms with Gasteiger partial charge < -0.3 is 5.11 Å². The topological polar surface area (TPSA) is 68.0 Å². The number of aliphatic carboxylic acids is 1. The van der Waals surface area contributed by atoms with Crippen LogP contribution in [0.2, 0.25) is 0 Å². The number of aryl methyl sites for hydroxylation is 1. The average Bonchev–Trinajstić information content (AvgIpc) is 2.76. The summed E-state index contributed by atoms with van der Waals surface area (Å²) in [5.74, 6) is -0.821. The van der Waals surface area contributed by atoms with Gasteiger partial charge in [0, 0.05) is 23.7 Å². The van der Waals surface area contributed by atoms with Gasteiger partial charge in [-0.1, -0.05) is 13.8 Å². The number of pyridine rings is 1. The minimum atomic E-state index is -0.821. The highest BCUT2D eigenvalue weighted by atomic mass is 16.4. The molecule has 0 atom stereocenters. The molecule has 1 N–H and O–H groups in total. The van der Waals surface area contributed by atoms with E-state index in [0.717, 1.165) is 35.5 Å². The zero-order valence-corrected chi connectivity index (χ0v) is 11.1. The molecule has 0 unspecified atom stereocenters. The SMILES string of the molecule is CCc1nn(-c2ccncc2)c(CC)c1CC(=O)O. The van der Waals surface area contributed by atoms with Gasteiger partial charge in [0.05, 0.1) is 17.8 Å². The van der Waals surface area contributed by atoms with Gasteiger partial charge in [-0.05, 0) is 25.0 Å². The second-order valence-electron chi connectivity index (χ2n) is 4.27. The van der Waals surface area contributed by atoms with Gasteiger partial charge in [0.2, 0.25) is 0 Å². The molecule has 0 bridgehead atoms. The molecule has 0 aliphatic carbocycles. The Labute approximate surface area is 111 Å². The van der Waals surface area contributed by atoms with E-state index < -0.39 is 5.97 Å². The van der Waals surface area contributed by atoms with Crippen LogP contribution in [0.25, 0.3) is 5.69 Å². The Morgan fingerprint density at radius 1 is 1.26 bits per heavy atom. The predicted molar refractivity (Wildman–Crippen MR) is 71.5 cm³/mol. The van der Waals surface area contributed by atoms with Gasteiger partial charge in [0.25, 0.3) is 0 Å². The predicted octanol–water partition coefficient (Wildman–Crippen LogP) is 2.02. The fourth-order valence-corrected chi connectivity index (χ4v) is 2.24. The highest BCUT2D eigenvalue weighted by Crippen LogP contribution is 2.20. The van der Waals surface area contributed by atoms with Crippen LogP contribution in [0.15, 0.2) is 24.5 Å². The van der Waals surface area contributed by atoms with Crippen LogP contribution < -0.4 is 0 Å². The summed E-state index contributed by atoms with van der Waals surface area (Å²) in [6, 6.07) is 3.74. The number of rotatable bonds is 5. The molecule has 0 spiro atoms. The Morgan fingerprint density at radius 2 is 1.95 bits per heavy atom. The third-order valence-corrected chi connectivity index (χ3v) is 3.08. The van der Waals surface area contributed by atoms with Crippen LogP contribution in [-0.2, 0) is 24.1 Å². The van der Waals surface area contributed by atoms with Crippen molar-refractivity contribution in [1.82, 2.24) is 14.8 Å². The maximum Gasteiger partial charge on any atom is 0.307 e. The van der Waals surface area contributed by atoms with E-state index in [4.69, 9.17) is 5.11 Å². The van der Waals surface area contributed by atoms with Gasteiger partial charge in [-0.2, -0.15) is 5.10 Å². The molecule has 2 heterocycles. The molecule has 2 rings (SSSR count). The van der Waals surface area contributed by atoms with Crippen molar-refractivity contribution >= 4 is 5.97 Å². The fraction of sp³-hybridized carbons (Fsp3) is 0.357. The van der Waals surface area contributed by atoms with Crippen molar-refractivity contribution in [2.45, 2.75) is 33.1 Å². The summed E-state index contributed by atoms with van der Waals surface area (Å²) in [7, 11) is 0. The second-order valence-corrected chi connectivity index (χ2v) is 4.27. The Hall–Kier alpha value is -2.17. The second kappa shape index (κ2) is 5.65. The Bertz CT molecular complexity index is 576. The van der Waals surface area contributed by atoms with Crippen molar-refractivity contribution in [3.05, 3.63) is 41.5 Å². The maximum atomic E-state index is 11.0. The largest absolute Gasteiger partial charge is 0.481 e. The molecule has 0 saturated carbocycles. The number of carboxylic acids is 1. The van der Waals surface area contributed by atoms with E-state index in [2.05, 4.69) is 10.1 Å². The third kappa shape index (κ3) is 2.65. The van der Waals surface area contributed by atoms with Crippen molar-refractivity contribution < 1.29 is 9.90 Å². The number of carbonyl (C=O) groups is 1. The molecule has 0 saturated heterocycles. The Morgan fingerprint density at radius 3 is 2.47 bits per heavy atom. The zero-order valence-electron chi connectivity index (χ0n) is 11.1. The Kier molecular flexibility index (Phi) is 3.94. The Balaban J connectivity index is 2.56. The van der Waals surface area contributed by atoms with Gasteiger partial charge in [0.15, 0.2) is 0 Å². The normalized spacial score (nSPS) is 10.6. The summed E-state index contributed by atoms with van der Waals surface area (Å²) in [6.07, 6.45) is 4.92. The van der Waals surface area contributed by atoms with Crippen LogP contribution in [-0.4, -0.2) is 25.8 Å². The number of nitrogens with zero attached hydrogens (tertiary/aromatic N) is 3. The van der Waals surface area contributed by atoms with E-state index in [0.29, 0.717) is 0 Å². The molecular formula is C14H17N3O2. The molecule has 0 radical (unpaired) electrons. The van der Waals surface area contributed by atoms with E-state index >= 15 is 0 Å². The van der Waals surface area contributed by atoms with Crippen LogP contribution in [0.3, 0.4) is 0 Å². The lowest BCUT2D eigenvalue weighted by atomic mass is 10.1. The lowest BCUT2D eigenvalue weighted by Gasteiger charge is -2.06. The van der Waals surface area contributed by atoms with Crippen LogP contribution >= 0.6 is 0 Å². The molecule has 0 fully saturated rings. The monoisotopic (exact) mass is 259 g/mol. The van der Waals surface area contributed by atoms with Crippen LogP contribution in [0, 0.1) is 0 Å². The van der Waals surface area contributed by atoms with Gasteiger partial charge in [-0.25, -0.2) is 4.68 Å². The third-order valence-electron chi connectivity index (χ3n) is 3.08. The van der Waals surface area contributed by atoms with Crippen LogP contribution in [0.5, 0.6) is 0 Å². The van der Waals surface area contributed by atoms with Crippen LogP contribution in [0.4, 0.5) is 0 Å². The standard InChI is InChI=1S/C14H17N3O2/c1-3-12-11(9-14(18)19)13(4-2)17(16-12)10-5-7-15-8-6-10/h5-8H,3-4,9H2,1-2H3,(H,18,19). The number of hydrogen-bond donors (Lipinski definition) is 1. The van der Waals surface area contributed by atoms with Crippen molar-refractivity contribution in [3.63, 3.8) is 0 Å².